The zero-order valence-corrected chi connectivity index (χ0v) is 16.2. The van der Waals surface area contributed by atoms with Crippen molar-refractivity contribution >= 4 is 17.8 Å². The van der Waals surface area contributed by atoms with E-state index in [-0.39, 0.29) is 18.2 Å². The second-order valence-corrected chi connectivity index (χ2v) is 6.56. The number of hydrogen-bond acceptors (Lipinski definition) is 4. The van der Waals surface area contributed by atoms with E-state index in [1.165, 1.54) is 7.11 Å². The lowest BCUT2D eigenvalue weighted by molar-refractivity contribution is -0.145. The standard InChI is InChI=1S/C22H26N2O4/c1-16-10-12-18(13-11-16)21(26)23-14-6-9-20(25)24-19(22(27)28-2)15-17-7-4-3-5-8-17/h3-5,7-8,10-13,19H,6,9,14-15H2,1-2H3,(H,23,26)(H,24,25). The predicted molar refractivity (Wildman–Crippen MR) is 107 cm³/mol. The minimum Gasteiger partial charge on any atom is -0.467 e. The van der Waals surface area contributed by atoms with E-state index < -0.39 is 12.0 Å². The number of aryl methyl sites for hydroxylation is 1. The molecule has 0 fully saturated rings. The molecule has 0 spiro atoms. The fraction of sp³-hybridized carbons (Fsp3) is 0.318. The Morgan fingerprint density at radius 3 is 2.32 bits per heavy atom. The Labute approximate surface area is 165 Å². The summed E-state index contributed by atoms with van der Waals surface area (Å²) in [4.78, 5) is 36.2. The van der Waals surface area contributed by atoms with Crippen molar-refractivity contribution in [2.24, 2.45) is 0 Å². The Kier molecular flexibility index (Phi) is 8.21. The quantitative estimate of drug-likeness (QED) is 0.515. The van der Waals surface area contributed by atoms with E-state index in [0.29, 0.717) is 24.9 Å². The monoisotopic (exact) mass is 382 g/mol. The average Bonchev–Trinajstić information content (AvgIpc) is 2.71. The van der Waals surface area contributed by atoms with Crippen LogP contribution in [0.15, 0.2) is 54.6 Å². The number of esters is 1. The minimum absolute atomic E-state index is 0.170. The molecule has 2 rings (SSSR count). The van der Waals surface area contributed by atoms with Crippen molar-refractivity contribution < 1.29 is 19.1 Å². The maximum absolute atomic E-state index is 12.2. The summed E-state index contributed by atoms with van der Waals surface area (Å²) >= 11 is 0. The summed E-state index contributed by atoms with van der Waals surface area (Å²) in [6, 6.07) is 16.0. The Morgan fingerprint density at radius 2 is 1.68 bits per heavy atom. The molecule has 0 bridgehead atoms. The van der Waals surface area contributed by atoms with E-state index >= 15 is 0 Å². The molecule has 0 saturated carbocycles. The van der Waals surface area contributed by atoms with Gasteiger partial charge in [0, 0.05) is 24.9 Å². The van der Waals surface area contributed by atoms with Crippen LogP contribution < -0.4 is 10.6 Å². The average molecular weight is 382 g/mol. The molecule has 2 aromatic carbocycles. The molecular formula is C22H26N2O4. The highest BCUT2D eigenvalue weighted by Gasteiger charge is 2.21. The van der Waals surface area contributed by atoms with Crippen LogP contribution in [0.4, 0.5) is 0 Å². The van der Waals surface area contributed by atoms with Crippen LogP contribution in [0.1, 0.15) is 34.3 Å². The van der Waals surface area contributed by atoms with Gasteiger partial charge in [0.1, 0.15) is 6.04 Å². The van der Waals surface area contributed by atoms with Crippen molar-refractivity contribution in [1.82, 2.24) is 10.6 Å². The number of carbonyl (C=O) groups is 3. The third kappa shape index (κ3) is 6.87. The lowest BCUT2D eigenvalue weighted by Gasteiger charge is -2.16. The summed E-state index contributed by atoms with van der Waals surface area (Å²) in [6.45, 7) is 2.33. The van der Waals surface area contributed by atoms with Crippen LogP contribution in [0, 0.1) is 6.92 Å². The van der Waals surface area contributed by atoms with Gasteiger partial charge < -0.3 is 15.4 Å². The highest BCUT2D eigenvalue weighted by atomic mass is 16.5. The van der Waals surface area contributed by atoms with Crippen LogP contribution in [0.3, 0.4) is 0 Å². The van der Waals surface area contributed by atoms with Gasteiger partial charge in [0.15, 0.2) is 0 Å². The molecule has 0 aromatic heterocycles. The van der Waals surface area contributed by atoms with Gasteiger partial charge in [-0.3, -0.25) is 9.59 Å². The maximum atomic E-state index is 12.2. The molecule has 6 nitrogen and oxygen atoms in total. The van der Waals surface area contributed by atoms with E-state index in [1.54, 1.807) is 12.1 Å². The molecule has 0 saturated heterocycles. The Hall–Kier alpha value is -3.15. The number of rotatable bonds is 9. The number of nitrogens with one attached hydrogen (secondary N) is 2. The SMILES string of the molecule is COC(=O)C(Cc1ccccc1)NC(=O)CCCNC(=O)c1ccc(C)cc1. The van der Waals surface area contributed by atoms with Crippen LogP contribution >= 0.6 is 0 Å². The maximum Gasteiger partial charge on any atom is 0.328 e. The second-order valence-electron chi connectivity index (χ2n) is 6.56. The summed E-state index contributed by atoms with van der Waals surface area (Å²) in [5, 5.41) is 5.51. The van der Waals surface area contributed by atoms with Crippen molar-refractivity contribution in [3.63, 3.8) is 0 Å². The third-order valence-corrected chi connectivity index (χ3v) is 4.28. The Bertz CT molecular complexity index is 788. The van der Waals surface area contributed by atoms with Gasteiger partial charge in [-0.2, -0.15) is 0 Å². The van der Waals surface area contributed by atoms with Gasteiger partial charge in [0.25, 0.3) is 5.91 Å². The van der Waals surface area contributed by atoms with Gasteiger partial charge in [-0.15, -0.1) is 0 Å². The fourth-order valence-corrected chi connectivity index (χ4v) is 2.71. The first-order chi connectivity index (χ1) is 13.5. The molecule has 1 unspecified atom stereocenters. The molecule has 0 aliphatic carbocycles. The molecule has 2 N–H and O–H groups in total. The second kappa shape index (κ2) is 10.9. The Balaban J connectivity index is 1.76. The minimum atomic E-state index is -0.734. The predicted octanol–water partition coefficient (Wildman–Crippen LogP) is 2.41. The van der Waals surface area contributed by atoms with E-state index in [9.17, 15) is 14.4 Å². The van der Waals surface area contributed by atoms with E-state index in [2.05, 4.69) is 10.6 Å². The third-order valence-electron chi connectivity index (χ3n) is 4.28. The van der Waals surface area contributed by atoms with Crippen LogP contribution in [-0.4, -0.2) is 37.5 Å². The number of hydrogen-bond donors (Lipinski definition) is 2. The van der Waals surface area contributed by atoms with Crippen LogP contribution in [0.25, 0.3) is 0 Å². The zero-order valence-electron chi connectivity index (χ0n) is 16.2. The van der Waals surface area contributed by atoms with Crippen LogP contribution in [-0.2, 0) is 20.7 Å². The topological polar surface area (TPSA) is 84.5 Å². The van der Waals surface area contributed by atoms with Crippen molar-refractivity contribution in [3.05, 3.63) is 71.3 Å². The van der Waals surface area contributed by atoms with Crippen molar-refractivity contribution in [2.45, 2.75) is 32.2 Å². The highest BCUT2D eigenvalue weighted by Crippen LogP contribution is 2.06. The Morgan fingerprint density at radius 1 is 1.00 bits per heavy atom. The van der Waals surface area contributed by atoms with Crippen molar-refractivity contribution in [3.8, 4) is 0 Å². The number of methoxy groups -OCH3 is 1. The number of amides is 2. The fourth-order valence-electron chi connectivity index (χ4n) is 2.71. The van der Waals surface area contributed by atoms with Gasteiger partial charge in [-0.05, 0) is 31.0 Å². The summed E-state index contributed by atoms with van der Waals surface area (Å²) in [7, 11) is 1.30. The number of ether oxygens (including phenoxy) is 1. The molecule has 0 heterocycles. The zero-order chi connectivity index (χ0) is 20.4. The summed E-state index contributed by atoms with van der Waals surface area (Å²) in [5.74, 6) is -0.905. The normalized spacial score (nSPS) is 11.4. The van der Waals surface area contributed by atoms with Gasteiger partial charge in [0.2, 0.25) is 5.91 Å². The number of benzene rings is 2. The number of carbonyl (C=O) groups excluding carboxylic acids is 3. The largest absolute Gasteiger partial charge is 0.467 e. The van der Waals surface area contributed by atoms with Gasteiger partial charge in [-0.25, -0.2) is 4.79 Å². The van der Waals surface area contributed by atoms with Crippen LogP contribution in [0.5, 0.6) is 0 Å². The first kappa shape index (κ1) is 21.2. The molecule has 2 aromatic rings. The van der Waals surface area contributed by atoms with Crippen molar-refractivity contribution in [1.29, 1.82) is 0 Å². The molecular weight excluding hydrogens is 356 g/mol. The first-order valence-electron chi connectivity index (χ1n) is 9.25. The smallest absolute Gasteiger partial charge is 0.328 e. The lowest BCUT2D eigenvalue weighted by Crippen LogP contribution is -2.43. The molecule has 0 radical (unpaired) electrons. The first-order valence-corrected chi connectivity index (χ1v) is 9.25. The van der Waals surface area contributed by atoms with Gasteiger partial charge >= 0.3 is 5.97 Å². The molecule has 1 atom stereocenters. The molecule has 0 aliphatic rings. The molecule has 0 aliphatic heterocycles. The van der Waals surface area contributed by atoms with Crippen molar-refractivity contribution in [2.75, 3.05) is 13.7 Å². The molecule has 148 valence electrons. The summed E-state index contributed by atoms with van der Waals surface area (Å²) in [6.07, 6.45) is 1.04. The lowest BCUT2D eigenvalue weighted by atomic mass is 10.1. The van der Waals surface area contributed by atoms with Gasteiger partial charge in [0.05, 0.1) is 7.11 Å². The van der Waals surface area contributed by atoms with Crippen LogP contribution in [0.2, 0.25) is 0 Å². The van der Waals surface area contributed by atoms with E-state index in [0.717, 1.165) is 11.1 Å². The molecule has 28 heavy (non-hydrogen) atoms. The molecule has 6 heteroatoms. The van der Waals surface area contributed by atoms with Gasteiger partial charge in [-0.1, -0.05) is 48.0 Å². The van der Waals surface area contributed by atoms with E-state index in [1.807, 2.05) is 49.4 Å². The molecule has 2 amide bonds. The summed E-state index contributed by atoms with van der Waals surface area (Å²) < 4.78 is 4.79. The summed E-state index contributed by atoms with van der Waals surface area (Å²) in [5.41, 5.74) is 2.61. The highest BCUT2D eigenvalue weighted by molar-refractivity contribution is 5.94. The van der Waals surface area contributed by atoms with E-state index in [4.69, 9.17) is 4.74 Å².